The van der Waals surface area contributed by atoms with Crippen molar-refractivity contribution in [3.8, 4) is 11.5 Å². The van der Waals surface area contributed by atoms with Crippen LogP contribution in [0.1, 0.15) is 34.8 Å². The molecule has 1 fully saturated rings. The lowest BCUT2D eigenvalue weighted by atomic mass is 10.1. The van der Waals surface area contributed by atoms with Crippen LogP contribution in [0.15, 0.2) is 42.6 Å². The van der Waals surface area contributed by atoms with E-state index in [1.165, 1.54) is 0 Å². The SMILES string of the molecule is COc1ccc(COc2cc3nn(C4CCOCC4)cc3cc2C(N)=O)cc1. The van der Waals surface area contributed by atoms with Crippen molar-refractivity contribution in [2.75, 3.05) is 20.3 Å². The fourth-order valence-electron chi connectivity index (χ4n) is 3.40. The molecule has 1 saturated heterocycles. The Morgan fingerprint density at radius 2 is 2.00 bits per heavy atom. The second kappa shape index (κ2) is 7.90. The van der Waals surface area contributed by atoms with Crippen molar-refractivity contribution in [3.05, 3.63) is 53.7 Å². The van der Waals surface area contributed by atoms with Crippen molar-refractivity contribution in [1.29, 1.82) is 0 Å². The molecule has 0 unspecified atom stereocenters. The summed E-state index contributed by atoms with van der Waals surface area (Å²) in [4.78, 5) is 12.0. The lowest BCUT2D eigenvalue weighted by Gasteiger charge is -2.22. The predicted molar refractivity (Wildman–Crippen MR) is 105 cm³/mol. The Morgan fingerprint density at radius 1 is 1.25 bits per heavy atom. The number of methoxy groups -OCH3 is 1. The Hall–Kier alpha value is -3.06. The van der Waals surface area contributed by atoms with E-state index in [1.807, 2.05) is 35.1 Å². The predicted octanol–water partition coefficient (Wildman–Crippen LogP) is 3.07. The molecular weight excluding hydrogens is 358 g/mol. The molecule has 2 heterocycles. The van der Waals surface area contributed by atoms with Crippen LogP contribution in [0.25, 0.3) is 10.9 Å². The van der Waals surface area contributed by atoms with E-state index >= 15 is 0 Å². The van der Waals surface area contributed by atoms with Gasteiger partial charge in [-0.2, -0.15) is 5.10 Å². The van der Waals surface area contributed by atoms with Crippen LogP contribution in [0.3, 0.4) is 0 Å². The number of benzene rings is 2. The second-order valence-corrected chi connectivity index (χ2v) is 6.86. The monoisotopic (exact) mass is 381 g/mol. The number of aromatic nitrogens is 2. The highest BCUT2D eigenvalue weighted by Gasteiger charge is 2.19. The van der Waals surface area contributed by atoms with E-state index in [0.29, 0.717) is 24.0 Å². The fourth-order valence-corrected chi connectivity index (χ4v) is 3.40. The van der Waals surface area contributed by atoms with Crippen LogP contribution in [-0.2, 0) is 11.3 Å². The molecule has 0 radical (unpaired) electrons. The van der Waals surface area contributed by atoms with Crippen LogP contribution >= 0.6 is 0 Å². The Kier molecular flexibility index (Phi) is 5.16. The summed E-state index contributed by atoms with van der Waals surface area (Å²) in [5.74, 6) is 0.695. The van der Waals surface area contributed by atoms with Crippen LogP contribution in [-0.4, -0.2) is 36.0 Å². The van der Waals surface area contributed by atoms with Gasteiger partial charge in [0.05, 0.1) is 24.2 Å². The number of amides is 1. The maximum atomic E-state index is 12.0. The van der Waals surface area contributed by atoms with Crippen molar-refractivity contribution < 1.29 is 19.0 Å². The smallest absolute Gasteiger partial charge is 0.252 e. The maximum Gasteiger partial charge on any atom is 0.252 e. The van der Waals surface area contributed by atoms with Crippen LogP contribution in [0.2, 0.25) is 0 Å². The van der Waals surface area contributed by atoms with Gasteiger partial charge in [0.2, 0.25) is 0 Å². The van der Waals surface area contributed by atoms with Crippen molar-refractivity contribution in [2.24, 2.45) is 5.73 Å². The van der Waals surface area contributed by atoms with Crippen LogP contribution in [0.4, 0.5) is 0 Å². The zero-order valence-corrected chi connectivity index (χ0v) is 15.8. The first-order chi connectivity index (χ1) is 13.6. The molecule has 1 aromatic heterocycles. The molecule has 146 valence electrons. The zero-order chi connectivity index (χ0) is 19.5. The Morgan fingerprint density at radius 3 is 2.68 bits per heavy atom. The van der Waals surface area contributed by atoms with E-state index in [1.54, 1.807) is 19.2 Å². The summed E-state index contributed by atoms with van der Waals surface area (Å²) >= 11 is 0. The van der Waals surface area contributed by atoms with Gasteiger partial charge < -0.3 is 19.9 Å². The average Bonchev–Trinajstić information content (AvgIpc) is 3.15. The maximum absolute atomic E-state index is 12.0. The lowest BCUT2D eigenvalue weighted by Crippen LogP contribution is -2.19. The molecule has 0 bridgehead atoms. The van der Waals surface area contributed by atoms with Crippen molar-refractivity contribution >= 4 is 16.8 Å². The number of ether oxygens (including phenoxy) is 3. The Bertz CT molecular complexity index is 975. The number of hydrogen-bond acceptors (Lipinski definition) is 5. The van der Waals surface area contributed by atoms with Crippen molar-refractivity contribution in [3.63, 3.8) is 0 Å². The summed E-state index contributed by atoms with van der Waals surface area (Å²) < 4.78 is 18.5. The first-order valence-corrected chi connectivity index (χ1v) is 9.30. The molecule has 1 aliphatic rings. The second-order valence-electron chi connectivity index (χ2n) is 6.86. The van der Waals surface area contributed by atoms with Gasteiger partial charge in [0, 0.05) is 30.9 Å². The fraction of sp³-hybridized carbons (Fsp3) is 0.333. The van der Waals surface area contributed by atoms with Crippen molar-refractivity contribution in [1.82, 2.24) is 9.78 Å². The third-order valence-electron chi connectivity index (χ3n) is 5.01. The molecular formula is C21H23N3O4. The van der Waals surface area contributed by atoms with E-state index in [-0.39, 0.29) is 0 Å². The van der Waals surface area contributed by atoms with Gasteiger partial charge in [-0.3, -0.25) is 9.48 Å². The third-order valence-corrected chi connectivity index (χ3v) is 5.01. The number of rotatable bonds is 6. The number of carbonyl (C=O) groups excluding carboxylic acids is 1. The van der Waals surface area contributed by atoms with E-state index in [9.17, 15) is 4.79 Å². The first kappa shape index (κ1) is 18.3. The minimum atomic E-state index is -0.523. The Balaban J connectivity index is 1.60. The molecule has 1 amide bonds. The number of nitrogens with zero attached hydrogens (tertiary/aromatic N) is 2. The minimum Gasteiger partial charge on any atom is -0.497 e. The molecule has 3 aromatic rings. The van der Waals surface area contributed by atoms with Gasteiger partial charge in [-0.25, -0.2) is 0 Å². The summed E-state index contributed by atoms with van der Waals surface area (Å²) in [5, 5.41) is 5.56. The topological polar surface area (TPSA) is 88.6 Å². The first-order valence-electron chi connectivity index (χ1n) is 9.30. The highest BCUT2D eigenvalue weighted by molar-refractivity contribution is 6.00. The quantitative estimate of drug-likeness (QED) is 0.709. The zero-order valence-electron chi connectivity index (χ0n) is 15.8. The Labute approximate surface area is 163 Å². The molecule has 0 saturated carbocycles. The number of carbonyl (C=O) groups is 1. The van der Waals surface area contributed by atoms with Gasteiger partial charge in [-0.05, 0) is 36.6 Å². The molecule has 2 aromatic carbocycles. The molecule has 2 N–H and O–H groups in total. The van der Waals surface area contributed by atoms with E-state index < -0.39 is 5.91 Å². The molecule has 28 heavy (non-hydrogen) atoms. The number of hydrogen-bond donors (Lipinski definition) is 1. The van der Waals surface area contributed by atoms with Crippen LogP contribution in [0, 0.1) is 0 Å². The summed E-state index contributed by atoms with van der Waals surface area (Å²) in [5.41, 5.74) is 7.68. The van der Waals surface area contributed by atoms with Gasteiger partial charge in [-0.1, -0.05) is 12.1 Å². The standard InChI is InChI=1S/C21H23N3O4/c1-26-17-4-2-14(3-5-17)13-28-20-11-19-15(10-18(20)21(22)25)12-24(23-19)16-6-8-27-9-7-16/h2-5,10-12,16H,6-9,13H2,1H3,(H2,22,25). The lowest BCUT2D eigenvalue weighted by molar-refractivity contribution is 0.0664. The minimum absolute atomic E-state index is 0.307. The normalized spacial score (nSPS) is 14.9. The highest BCUT2D eigenvalue weighted by Crippen LogP contribution is 2.29. The summed E-state index contributed by atoms with van der Waals surface area (Å²) in [6, 6.07) is 11.4. The summed E-state index contributed by atoms with van der Waals surface area (Å²) in [6.45, 7) is 1.80. The third kappa shape index (κ3) is 3.80. The highest BCUT2D eigenvalue weighted by atomic mass is 16.5. The van der Waals surface area contributed by atoms with Gasteiger partial charge in [0.1, 0.15) is 18.1 Å². The molecule has 0 atom stereocenters. The van der Waals surface area contributed by atoms with Gasteiger partial charge in [0.25, 0.3) is 5.91 Å². The summed E-state index contributed by atoms with van der Waals surface area (Å²) in [7, 11) is 1.62. The molecule has 4 rings (SSSR count). The van der Waals surface area contributed by atoms with Gasteiger partial charge in [0.15, 0.2) is 0 Å². The van der Waals surface area contributed by atoms with E-state index in [2.05, 4.69) is 5.10 Å². The molecule has 7 nitrogen and oxygen atoms in total. The largest absolute Gasteiger partial charge is 0.497 e. The molecule has 1 aliphatic heterocycles. The number of fused-ring (bicyclic) bond motifs is 1. The molecule has 7 heteroatoms. The van der Waals surface area contributed by atoms with E-state index in [4.69, 9.17) is 19.9 Å². The van der Waals surface area contributed by atoms with E-state index in [0.717, 1.165) is 48.3 Å². The molecule has 0 spiro atoms. The van der Waals surface area contributed by atoms with Gasteiger partial charge in [-0.15, -0.1) is 0 Å². The van der Waals surface area contributed by atoms with Crippen LogP contribution in [0.5, 0.6) is 11.5 Å². The summed E-state index contributed by atoms with van der Waals surface area (Å²) in [6.07, 6.45) is 3.82. The molecule has 0 aliphatic carbocycles. The average molecular weight is 381 g/mol. The number of primary amides is 1. The van der Waals surface area contributed by atoms with Crippen LogP contribution < -0.4 is 15.2 Å². The number of nitrogens with two attached hydrogens (primary N) is 1. The van der Waals surface area contributed by atoms with Crippen molar-refractivity contribution in [2.45, 2.75) is 25.5 Å². The van der Waals surface area contributed by atoms with Gasteiger partial charge >= 0.3 is 0 Å².